The molecular weight excluding hydrogens is 377 g/mol. The van der Waals surface area contributed by atoms with E-state index in [9.17, 15) is 10.3 Å². The van der Waals surface area contributed by atoms with Gasteiger partial charge in [0.1, 0.15) is 11.6 Å². The van der Waals surface area contributed by atoms with Crippen molar-refractivity contribution in [3.8, 4) is 11.5 Å². The number of halogens is 3. The second-order valence-corrected chi connectivity index (χ2v) is 7.01. The van der Waals surface area contributed by atoms with Crippen molar-refractivity contribution >= 4 is 40.5 Å². The third-order valence-electron chi connectivity index (χ3n) is 4.60. The number of aliphatic hydroxyl groups excluding tert-OH is 1. The van der Waals surface area contributed by atoms with Gasteiger partial charge >= 0.3 is 0 Å². The lowest BCUT2D eigenvalue weighted by Gasteiger charge is -2.35. The molecule has 5 nitrogen and oxygen atoms in total. The highest BCUT2D eigenvalue weighted by molar-refractivity contribution is 6.48. The predicted molar refractivity (Wildman–Crippen MR) is 90.6 cm³/mol. The molecule has 8 heteroatoms. The van der Waals surface area contributed by atoms with Crippen LogP contribution < -0.4 is 14.5 Å². The van der Waals surface area contributed by atoms with Crippen LogP contribution in [-0.4, -0.2) is 17.1 Å². The minimum absolute atomic E-state index is 0.107. The van der Waals surface area contributed by atoms with Crippen LogP contribution in [0.2, 0.25) is 15.1 Å². The molecular formula is C16H12Cl3NO4. The average Bonchev–Trinajstić information content (AvgIpc) is 3.10. The highest BCUT2D eigenvalue weighted by atomic mass is 35.5. The highest BCUT2D eigenvalue weighted by Crippen LogP contribution is 2.56. The number of hydrogen-bond donors (Lipinski definition) is 2. The van der Waals surface area contributed by atoms with Crippen LogP contribution in [0.3, 0.4) is 0 Å². The molecule has 2 aromatic carbocycles. The van der Waals surface area contributed by atoms with Gasteiger partial charge in [0.25, 0.3) is 0 Å². The van der Waals surface area contributed by atoms with Crippen LogP contribution in [0.1, 0.15) is 24.2 Å². The fraction of sp³-hybridized carbons (Fsp3) is 0.250. The molecule has 0 aromatic heterocycles. The quantitative estimate of drug-likeness (QED) is 0.703. The number of rotatable bonds is 1. The fourth-order valence-electron chi connectivity index (χ4n) is 3.20. The SMILES string of the molecule is CC1(c2ccc(Cl)c(Cl)c2Cl)C(O)c2cc3c(cc2N1O)OCO3. The van der Waals surface area contributed by atoms with Crippen molar-refractivity contribution in [3.63, 3.8) is 0 Å². The minimum atomic E-state index is -1.25. The molecule has 2 heterocycles. The third kappa shape index (κ3) is 1.96. The maximum absolute atomic E-state index is 10.9. The molecule has 0 saturated carbocycles. The molecule has 0 saturated heterocycles. The fourth-order valence-corrected chi connectivity index (χ4v) is 3.92. The van der Waals surface area contributed by atoms with Crippen LogP contribution in [0, 0.1) is 0 Å². The Morgan fingerprint density at radius 3 is 2.50 bits per heavy atom. The van der Waals surface area contributed by atoms with Crippen LogP contribution >= 0.6 is 34.8 Å². The average molecular weight is 389 g/mol. The second-order valence-electron chi connectivity index (χ2n) is 5.85. The Kier molecular flexibility index (Phi) is 3.57. The van der Waals surface area contributed by atoms with Gasteiger partial charge in [-0.3, -0.25) is 5.21 Å². The van der Waals surface area contributed by atoms with E-state index in [0.29, 0.717) is 33.3 Å². The smallest absolute Gasteiger partial charge is 0.231 e. The van der Waals surface area contributed by atoms with Crippen molar-refractivity contribution in [3.05, 3.63) is 50.5 Å². The monoisotopic (exact) mass is 387 g/mol. The van der Waals surface area contributed by atoms with Gasteiger partial charge in [0.15, 0.2) is 11.5 Å². The number of hydroxylamine groups is 1. The normalized spacial score (nSPS) is 24.4. The van der Waals surface area contributed by atoms with E-state index in [2.05, 4.69) is 0 Å². The summed E-state index contributed by atoms with van der Waals surface area (Å²) >= 11 is 18.4. The number of fused-ring (bicyclic) bond motifs is 2. The van der Waals surface area contributed by atoms with Gasteiger partial charge in [-0.05, 0) is 19.1 Å². The van der Waals surface area contributed by atoms with Crippen molar-refractivity contribution in [2.75, 3.05) is 11.9 Å². The second kappa shape index (κ2) is 5.31. The van der Waals surface area contributed by atoms with Crippen molar-refractivity contribution in [2.24, 2.45) is 0 Å². The van der Waals surface area contributed by atoms with E-state index in [0.717, 1.165) is 5.06 Å². The number of aliphatic hydroxyl groups is 1. The summed E-state index contributed by atoms with van der Waals surface area (Å²) in [6.45, 7) is 1.77. The van der Waals surface area contributed by atoms with Crippen molar-refractivity contribution < 1.29 is 19.8 Å². The first-order chi connectivity index (χ1) is 11.4. The number of ether oxygens (including phenoxy) is 2. The van der Waals surface area contributed by atoms with E-state index in [1.807, 2.05) is 0 Å². The standard InChI is InChI=1S/C16H12Cl3NO4/c1-16(8-2-3-9(17)14(19)13(8)18)15(21)7-4-11-12(24-6-23-11)5-10(7)20(16)22/h2-5,15,21-22H,6H2,1H3. The van der Waals surface area contributed by atoms with E-state index >= 15 is 0 Å². The van der Waals surface area contributed by atoms with Gasteiger partial charge in [-0.1, -0.05) is 40.9 Å². The molecule has 0 amide bonds. The first-order valence-corrected chi connectivity index (χ1v) is 8.23. The van der Waals surface area contributed by atoms with E-state index in [1.54, 1.807) is 31.2 Å². The molecule has 0 spiro atoms. The Morgan fingerprint density at radius 1 is 1.12 bits per heavy atom. The summed E-state index contributed by atoms with van der Waals surface area (Å²) in [7, 11) is 0. The molecule has 2 aliphatic rings. The van der Waals surface area contributed by atoms with Gasteiger partial charge in [0.05, 0.1) is 20.8 Å². The topological polar surface area (TPSA) is 62.2 Å². The van der Waals surface area contributed by atoms with Crippen LogP contribution in [0.5, 0.6) is 11.5 Å². The van der Waals surface area contributed by atoms with E-state index < -0.39 is 11.6 Å². The highest BCUT2D eigenvalue weighted by Gasteiger charge is 2.51. The number of anilines is 1. The van der Waals surface area contributed by atoms with Crippen molar-refractivity contribution in [1.82, 2.24) is 0 Å². The maximum Gasteiger partial charge on any atom is 0.231 e. The molecule has 2 unspecified atom stereocenters. The predicted octanol–water partition coefficient (Wildman–Crippen LogP) is 4.53. The lowest BCUT2D eigenvalue weighted by atomic mass is 9.86. The first kappa shape index (κ1) is 16.1. The molecule has 2 atom stereocenters. The van der Waals surface area contributed by atoms with Gasteiger partial charge in [0, 0.05) is 17.2 Å². The van der Waals surface area contributed by atoms with Gasteiger partial charge in [-0.2, -0.15) is 0 Å². The molecule has 0 fully saturated rings. The largest absolute Gasteiger partial charge is 0.454 e. The third-order valence-corrected chi connectivity index (χ3v) is 5.89. The molecule has 126 valence electrons. The zero-order chi connectivity index (χ0) is 17.2. The molecule has 2 aliphatic heterocycles. The summed E-state index contributed by atoms with van der Waals surface area (Å²) in [5.74, 6) is 1.02. The Morgan fingerprint density at radius 2 is 1.79 bits per heavy atom. The van der Waals surface area contributed by atoms with Gasteiger partial charge < -0.3 is 14.6 Å². The summed E-state index contributed by atoms with van der Waals surface area (Å²) in [5.41, 5.74) is 0.123. The number of benzene rings is 2. The Balaban J connectivity index is 1.89. The van der Waals surface area contributed by atoms with E-state index in [1.165, 1.54) is 0 Å². The van der Waals surface area contributed by atoms with E-state index in [4.69, 9.17) is 44.3 Å². The Labute approximate surface area is 152 Å². The van der Waals surface area contributed by atoms with Crippen LogP contribution in [0.25, 0.3) is 0 Å². The van der Waals surface area contributed by atoms with Crippen molar-refractivity contribution in [2.45, 2.75) is 18.6 Å². The van der Waals surface area contributed by atoms with Crippen LogP contribution in [0.4, 0.5) is 5.69 Å². The molecule has 4 rings (SSSR count). The van der Waals surface area contributed by atoms with Crippen LogP contribution in [-0.2, 0) is 5.54 Å². The van der Waals surface area contributed by atoms with Crippen LogP contribution in [0.15, 0.2) is 24.3 Å². The summed E-state index contributed by atoms with van der Waals surface area (Å²) < 4.78 is 10.7. The first-order valence-electron chi connectivity index (χ1n) is 7.10. The zero-order valence-corrected chi connectivity index (χ0v) is 14.7. The Hall–Kier alpha value is -1.37. The molecule has 0 radical (unpaired) electrons. The summed E-state index contributed by atoms with van der Waals surface area (Å²) in [5, 5.41) is 23.3. The van der Waals surface area contributed by atoms with Gasteiger partial charge in [0.2, 0.25) is 6.79 Å². The number of nitrogens with zero attached hydrogens (tertiary/aromatic N) is 1. The molecule has 0 aliphatic carbocycles. The lowest BCUT2D eigenvalue weighted by Crippen LogP contribution is -2.42. The van der Waals surface area contributed by atoms with Crippen molar-refractivity contribution in [1.29, 1.82) is 0 Å². The van der Waals surface area contributed by atoms with Gasteiger partial charge in [-0.25, -0.2) is 5.06 Å². The maximum atomic E-state index is 10.9. The van der Waals surface area contributed by atoms with Gasteiger partial charge in [-0.15, -0.1) is 0 Å². The molecule has 24 heavy (non-hydrogen) atoms. The summed E-state index contributed by atoms with van der Waals surface area (Å²) in [6, 6.07) is 6.49. The molecule has 2 aromatic rings. The minimum Gasteiger partial charge on any atom is -0.454 e. The zero-order valence-electron chi connectivity index (χ0n) is 12.4. The summed E-state index contributed by atoms with van der Waals surface area (Å²) in [6.07, 6.45) is -1.07. The lowest BCUT2D eigenvalue weighted by molar-refractivity contribution is 0.0473. The summed E-state index contributed by atoms with van der Waals surface area (Å²) in [4.78, 5) is 0. The molecule has 2 N–H and O–H groups in total. The van der Waals surface area contributed by atoms with E-state index in [-0.39, 0.29) is 16.8 Å². The Bertz CT molecular complexity index is 821. The number of hydrogen-bond acceptors (Lipinski definition) is 5. The molecule has 0 bridgehead atoms.